The first-order valence-corrected chi connectivity index (χ1v) is 10.2. The van der Waals surface area contributed by atoms with Crippen molar-refractivity contribution in [3.05, 3.63) is 45.6 Å². The van der Waals surface area contributed by atoms with Crippen LogP contribution in [0.1, 0.15) is 13.3 Å². The van der Waals surface area contributed by atoms with Crippen molar-refractivity contribution in [2.24, 2.45) is 14.1 Å². The Balaban J connectivity index is 1.49. The van der Waals surface area contributed by atoms with Crippen LogP contribution < -0.4 is 11.2 Å². The summed E-state index contributed by atoms with van der Waals surface area (Å²) < 4.78 is 11.7. The second kappa shape index (κ2) is 7.74. The molecule has 0 radical (unpaired) electrons. The number of imidazole rings is 1. The number of nitrogens with zero attached hydrogens (tertiary/aromatic N) is 7. The molecule has 4 aromatic rings. The number of aryl methyl sites for hydroxylation is 2. The van der Waals surface area contributed by atoms with Crippen molar-refractivity contribution in [1.29, 1.82) is 0 Å². The molecule has 4 heterocycles. The summed E-state index contributed by atoms with van der Waals surface area (Å²) in [6.07, 6.45) is 3.78. The van der Waals surface area contributed by atoms with Crippen LogP contribution in [0.3, 0.4) is 0 Å². The number of fused-ring (bicyclic) bond motifs is 1. The van der Waals surface area contributed by atoms with E-state index in [-0.39, 0.29) is 11.2 Å². The van der Waals surface area contributed by atoms with Gasteiger partial charge < -0.3 is 8.98 Å². The Morgan fingerprint density at radius 3 is 2.72 bits per heavy atom. The van der Waals surface area contributed by atoms with Gasteiger partial charge in [-0.05, 0) is 25.5 Å². The molecular weight excluding hydrogens is 394 g/mol. The average molecular weight is 415 g/mol. The van der Waals surface area contributed by atoms with Gasteiger partial charge in [-0.2, -0.15) is 0 Å². The van der Waals surface area contributed by atoms with Gasteiger partial charge in [0, 0.05) is 32.9 Å². The highest BCUT2D eigenvalue weighted by atomic mass is 32.2. The lowest BCUT2D eigenvalue weighted by Crippen LogP contribution is -2.39. The first kappa shape index (κ1) is 19.2. The number of aromatic nitrogens is 7. The molecule has 4 aromatic heterocycles. The van der Waals surface area contributed by atoms with Crippen molar-refractivity contribution in [1.82, 2.24) is 33.4 Å². The van der Waals surface area contributed by atoms with Crippen LogP contribution in [-0.2, 0) is 27.2 Å². The molecule has 0 spiro atoms. The lowest BCUT2D eigenvalue weighted by atomic mass is 10.4. The van der Waals surface area contributed by atoms with Crippen molar-refractivity contribution < 1.29 is 4.42 Å². The standard InChI is InChI=1S/C18H21N7O3S/c1-4-24-14(12-7-5-9-28-12)20-21-17(24)29-10-6-8-25-16(26)13-15(19-11-22(13)2)23(3)18(25)27/h5,7,9,11H,4,6,8,10H2,1-3H3. The summed E-state index contributed by atoms with van der Waals surface area (Å²) in [6.45, 7) is 3.06. The molecule has 0 bridgehead atoms. The fraction of sp³-hybridized carbons (Fsp3) is 0.389. The average Bonchev–Trinajstić information content (AvgIpc) is 3.44. The molecule has 11 heteroatoms. The van der Waals surface area contributed by atoms with E-state index >= 15 is 0 Å². The monoisotopic (exact) mass is 415 g/mol. The van der Waals surface area contributed by atoms with Crippen LogP contribution in [0.15, 0.2) is 43.9 Å². The van der Waals surface area contributed by atoms with E-state index in [2.05, 4.69) is 15.2 Å². The number of furan rings is 1. The Labute approximate surface area is 169 Å². The molecule has 0 saturated heterocycles. The topological polar surface area (TPSA) is 106 Å². The number of rotatable bonds is 7. The molecule has 0 fully saturated rings. The van der Waals surface area contributed by atoms with Crippen molar-refractivity contribution in [2.75, 3.05) is 5.75 Å². The Morgan fingerprint density at radius 1 is 1.17 bits per heavy atom. The van der Waals surface area contributed by atoms with Crippen molar-refractivity contribution >= 4 is 22.9 Å². The fourth-order valence-electron chi connectivity index (χ4n) is 3.25. The minimum Gasteiger partial charge on any atom is -0.461 e. The lowest BCUT2D eigenvalue weighted by molar-refractivity contribution is 0.566. The van der Waals surface area contributed by atoms with Gasteiger partial charge >= 0.3 is 5.69 Å². The van der Waals surface area contributed by atoms with Crippen LogP contribution in [0.5, 0.6) is 0 Å². The summed E-state index contributed by atoms with van der Waals surface area (Å²) in [4.78, 5) is 29.4. The van der Waals surface area contributed by atoms with Gasteiger partial charge in [-0.15, -0.1) is 10.2 Å². The fourth-order valence-corrected chi connectivity index (χ4v) is 4.17. The second-order valence-electron chi connectivity index (χ2n) is 6.56. The molecule has 4 rings (SSSR count). The minimum absolute atomic E-state index is 0.315. The molecule has 0 aliphatic carbocycles. The third-order valence-corrected chi connectivity index (χ3v) is 5.79. The number of hydrogen-bond acceptors (Lipinski definition) is 7. The van der Waals surface area contributed by atoms with E-state index in [1.165, 1.54) is 20.9 Å². The molecule has 0 atom stereocenters. The maximum atomic E-state index is 12.7. The molecule has 29 heavy (non-hydrogen) atoms. The van der Waals surface area contributed by atoms with Gasteiger partial charge in [-0.25, -0.2) is 9.78 Å². The maximum Gasteiger partial charge on any atom is 0.332 e. The molecule has 0 aromatic carbocycles. The molecular formula is C18H21N7O3S. The molecule has 152 valence electrons. The van der Waals surface area contributed by atoms with E-state index < -0.39 is 0 Å². The predicted molar refractivity (Wildman–Crippen MR) is 109 cm³/mol. The predicted octanol–water partition coefficient (Wildman–Crippen LogP) is 1.49. The molecule has 0 unspecified atom stereocenters. The summed E-state index contributed by atoms with van der Waals surface area (Å²) in [5.74, 6) is 2.05. The van der Waals surface area contributed by atoms with E-state index in [1.807, 2.05) is 23.6 Å². The third kappa shape index (κ3) is 3.31. The molecule has 0 N–H and O–H groups in total. The lowest BCUT2D eigenvalue weighted by Gasteiger charge is -2.09. The van der Waals surface area contributed by atoms with Gasteiger partial charge in [0.05, 0.1) is 12.6 Å². The van der Waals surface area contributed by atoms with Crippen LogP contribution >= 0.6 is 11.8 Å². The van der Waals surface area contributed by atoms with Crippen molar-refractivity contribution in [3.8, 4) is 11.6 Å². The molecule has 0 aliphatic rings. The zero-order valence-electron chi connectivity index (χ0n) is 16.4. The van der Waals surface area contributed by atoms with Crippen molar-refractivity contribution in [2.45, 2.75) is 31.6 Å². The second-order valence-corrected chi connectivity index (χ2v) is 7.62. The van der Waals surface area contributed by atoms with Gasteiger partial charge in [-0.3, -0.25) is 18.5 Å². The summed E-state index contributed by atoms with van der Waals surface area (Å²) >= 11 is 1.54. The Hall–Kier alpha value is -3.08. The van der Waals surface area contributed by atoms with Gasteiger partial charge in [-0.1, -0.05) is 11.8 Å². The highest BCUT2D eigenvalue weighted by Gasteiger charge is 2.16. The number of hydrogen-bond donors (Lipinski definition) is 0. The van der Waals surface area contributed by atoms with Crippen LogP contribution in [0.4, 0.5) is 0 Å². The van der Waals surface area contributed by atoms with Crippen LogP contribution in [0.25, 0.3) is 22.7 Å². The smallest absolute Gasteiger partial charge is 0.332 e. The van der Waals surface area contributed by atoms with E-state index in [0.29, 0.717) is 48.0 Å². The van der Waals surface area contributed by atoms with E-state index in [0.717, 1.165) is 5.16 Å². The van der Waals surface area contributed by atoms with Gasteiger partial charge in [0.25, 0.3) is 5.56 Å². The highest BCUT2D eigenvalue weighted by molar-refractivity contribution is 7.99. The van der Waals surface area contributed by atoms with E-state index in [9.17, 15) is 9.59 Å². The normalized spacial score (nSPS) is 11.6. The summed E-state index contributed by atoms with van der Waals surface area (Å²) in [5.41, 5.74) is 0.149. The maximum absolute atomic E-state index is 12.7. The van der Waals surface area contributed by atoms with Crippen LogP contribution in [0.2, 0.25) is 0 Å². The Bertz CT molecular complexity index is 1260. The van der Waals surface area contributed by atoms with Crippen molar-refractivity contribution in [3.63, 3.8) is 0 Å². The first-order chi connectivity index (χ1) is 14.0. The van der Waals surface area contributed by atoms with Gasteiger partial charge in [0.1, 0.15) is 0 Å². The largest absolute Gasteiger partial charge is 0.461 e. The van der Waals surface area contributed by atoms with Crippen LogP contribution in [0, 0.1) is 0 Å². The van der Waals surface area contributed by atoms with E-state index in [1.54, 1.807) is 31.3 Å². The first-order valence-electron chi connectivity index (χ1n) is 9.23. The molecule has 0 amide bonds. The molecule has 10 nitrogen and oxygen atoms in total. The zero-order chi connectivity index (χ0) is 20.5. The van der Waals surface area contributed by atoms with Gasteiger partial charge in [0.15, 0.2) is 27.9 Å². The summed E-state index contributed by atoms with van der Waals surface area (Å²) in [5, 5.41) is 9.26. The van der Waals surface area contributed by atoms with E-state index in [4.69, 9.17) is 4.42 Å². The minimum atomic E-state index is -0.358. The van der Waals surface area contributed by atoms with Crippen LogP contribution in [-0.4, -0.2) is 39.2 Å². The summed E-state index contributed by atoms with van der Waals surface area (Å²) in [6, 6.07) is 3.66. The zero-order valence-corrected chi connectivity index (χ0v) is 17.2. The molecule has 0 saturated carbocycles. The SMILES string of the molecule is CCn1c(SCCCn2c(=O)c3c(ncn3C)n(C)c2=O)nnc1-c1ccco1. The quantitative estimate of drug-likeness (QED) is 0.332. The third-order valence-electron chi connectivity index (χ3n) is 4.73. The highest BCUT2D eigenvalue weighted by Crippen LogP contribution is 2.24. The Morgan fingerprint density at radius 2 is 2.00 bits per heavy atom. The molecule has 0 aliphatic heterocycles. The van der Waals surface area contributed by atoms with Gasteiger partial charge in [0.2, 0.25) is 0 Å². The summed E-state index contributed by atoms with van der Waals surface area (Å²) in [7, 11) is 3.37. The number of thioether (sulfide) groups is 1. The Kier molecular flexibility index (Phi) is 5.14.